The third-order valence-electron chi connectivity index (χ3n) is 3.37. The van der Waals surface area contributed by atoms with Crippen LogP contribution in [0.2, 0.25) is 0 Å². The van der Waals surface area contributed by atoms with Gasteiger partial charge in [0.15, 0.2) is 0 Å². The lowest BCUT2D eigenvalue weighted by Crippen LogP contribution is -2.42. The molecule has 1 saturated carbocycles. The molecule has 116 valence electrons. The molecular weight excluding hydrogens is 309 g/mol. The van der Waals surface area contributed by atoms with Gasteiger partial charge in [-0.2, -0.15) is 13.2 Å². The minimum Gasteiger partial charge on any atom is -0.329 e. The Kier molecular flexibility index (Phi) is 4.50. The Labute approximate surface area is 122 Å². The number of halogens is 3. The zero-order valence-electron chi connectivity index (χ0n) is 10.9. The Morgan fingerprint density at radius 2 is 2.14 bits per heavy atom. The summed E-state index contributed by atoms with van der Waals surface area (Å²) in [5.41, 5.74) is -0.0599. The summed E-state index contributed by atoms with van der Waals surface area (Å²) < 4.78 is 37.8. The van der Waals surface area contributed by atoms with Gasteiger partial charge in [-0.15, -0.1) is 0 Å². The number of carbonyl (C=O) groups excluding carboxylic acids is 1. The quantitative estimate of drug-likeness (QED) is 0.616. The van der Waals surface area contributed by atoms with Crippen molar-refractivity contribution in [2.45, 2.75) is 25.4 Å². The average Bonchev–Trinajstić information content (AvgIpc) is 2.79. The molecule has 0 radical (unpaired) electrons. The summed E-state index contributed by atoms with van der Waals surface area (Å²) in [5.74, 6) is -0.714. The molecule has 21 heavy (non-hydrogen) atoms. The predicted octanol–water partition coefficient (Wildman–Crippen LogP) is 3.46. The number of rotatable bonds is 5. The van der Waals surface area contributed by atoms with Crippen molar-refractivity contribution in [2.24, 2.45) is 5.92 Å². The van der Waals surface area contributed by atoms with Gasteiger partial charge in [-0.1, -0.05) is 17.8 Å². The molecule has 0 atom stereocenters. The van der Waals surface area contributed by atoms with E-state index in [1.807, 2.05) is 0 Å². The Hall–Kier alpha value is -1.64. The molecule has 1 amide bonds. The van der Waals surface area contributed by atoms with E-state index in [0.29, 0.717) is 0 Å². The molecule has 0 N–H and O–H groups in total. The van der Waals surface area contributed by atoms with Crippen LogP contribution in [0.15, 0.2) is 11.4 Å². The summed E-state index contributed by atoms with van der Waals surface area (Å²) >= 11 is 0.732. The van der Waals surface area contributed by atoms with Crippen LogP contribution in [0.25, 0.3) is 0 Å². The van der Waals surface area contributed by atoms with Gasteiger partial charge in [0.2, 0.25) is 0 Å². The molecule has 1 heterocycles. The number of hydrogen-bond donors (Lipinski definition) is 0. The van der Waals surface area contributed by atoms with Crippen molar-refractivity contribution in [1.29, 1.82) is 0 Å². The van der Waals surface area contributed by atoms with Crippen molar-refractivity contribution in [3.05, 3.63) is 27.1 Å². The molecule has 1 aromatic heterocycles. The number of hydrogen-bond acceptors (Lipinski definition) is 4. The maximum absolute atomic E-state index is 12.6. The number of nitrogens with zero attached hydrogens (tertiary/aromatic N) is 2. The lowest BCUT2D eigenvalue weighted by molar-refractivity contribution is -0.380. The van der Waals surface area contributed by atoms with Crippen LogP contribution in [0, 0.1) is 16.0 Å². The molecule has 2 rings (SSSR count). The first-order chi connectivity index (χ1) is 9.76. The summed E-state index contributed by atoms with van der Waals surface area (Å²) in [6, 6.07) is 1.02. The smallest absolute Gasteiger partial charge is 0.329 e. The van der Waals surface area contributed by atoms with Crippen molar-refractivity contribution in [3.8, 4) is 0 Å². The normalized spacial score (nSPS) is 15.6. The van der Waals surface area contributed by atoms with E-state index < -0.39 is 23.6 Å². The topological polar surface area (TPSA) is 63.4 Å². The molecule has 9 heteroatoms. The van der Waals surface area contributed by atoms with Crippen molar-refractivity contribution in [3.63, 3.8) is 0 Å². The molecule has 1 fully saturated rings. The van der Waals surface area contributed by atoms with E-state index in [-0.39, 0.29) is 23.0 Å². The summed E-state index contributed by atoms with van der Waals surface area (Å²) in [4.78, 5) is 22.8. The van der Waals surface area contributed by atoms with Crippen molar-refractivity contribution < 1.29 is 22.9 Å². The standard InChI is InChI=1S/C12H13F3N2O3S/c13-12(14,15)7-16(5-8-2-1-3-8)11(18)9-4-10(17(19)20)21-6-9/h4,6,8H,1-3,5,7H2. The van der Waals surface area contributed by atoms with Crippen LogP contribution in [0.5, 0.6) is 0 Å². The van der Waals surface area contributed by atoms with Gasteiger partial charge in [0, 0.05) is 18.0 Å². The highest BCUT2D eigenvalue weighted by Gasteiger charge is 2.35. The molecule has 1 aliphatic rings. The van der Waals surface area contributed by atoms with Crippen LogP contribution in [-0.4, -0.2) is 35.0 Å². The summed E-state index contributed by atoms with van der Waals surface area (Å²) in [5, 5.41) is 11.6. The molecule has 0 saturated heterocycles. The molecule has 0 unspecified atom stereocenters. The fourth-order valence-electron chi connectivity index (χ4n) is 2.14. The monoisotopic (exact) mass is 322 g/mol. The van der Waals surface area contributed by atoms with Gasteiger partial charge in [-0.05, 0) is 18.8 Å². The average molecular weight is 322 g/mol. The zero-order chi connectivity index (χ0) is 15.6. The van der Waals surface area contributed by atoms with Crippen LogP contribution in [-0.2, 0) is 0 Å². The highest BCUT2D eigenvalue weighted by atomic mass is 32.1. The van der Waals surface area contributed by atoms with Crippen LogP contribution < -0.4 is 0 Å². The van der Waals surface area contributed by atoms with Gasteiger partial charge in [-0.3, -0.25) is 14.9 Å². The molecular formula is C12H13F3N2O3S. The van der Waals surface area contributed by atoms with Crippen LogP contribution in [0.1, 0.15) is 29.6 Å². The van der Waals surface area contributed by atoms with E-state index in [2.05, 4.69) is 0 Å². The van der Waals surface area contributed by atoms with Gasteiger partial charge in [-0.25, -0.2) is 0 Å². The number of amides is 1. The Balaban J connectivity index is 2.13. The van der Waals surface area contributed by atoms with Crippen LogP contribution in [0.3, 0.4) is 0 Å². The van der Waals surface area contributed by atoms with Crippen LogP contribution in [0.4, 0.5) is 18.2 Å². The van der Waals surface area contributed by atoms with E-state index in [4.69, 9.17) is 0 Å². The highest BCUT2D eigenvalue weighted by Crippen LogP contribution is 2.30. The second-order valence-electron chi connectivity index (χ2n) is 5.03. The third-order valence-corrected chi connectivity index (χ3v) is 4.25. The maximum atomic E-state index is 12.6. The second-order valence-corrected chi connectivity index (χ2v) is 5.92. The summed E-state index contributed by atoms with van der Waals surface area (Å²) in [6.07, 6.45) is -1.90. The summed E-state index contributed by atoms with van der Waals surface area (Å²) in [6.45, 7) is -1.28. The van der Waals surface area contributed by atoms with Crippen molar-refractivity contribution in [2.75, 3.05) is 13.1 Å². The first-order valence-corrected chi connectivity index (χ1v) is 7.23. The van der Waals surface area contributed by atoms with Gasteiger partial charge < -0.3 is 4.90 Å². The van der Waals surface area contributed by atoms with Gasteiger partial charge in [0.05, 0.1) is 10.5 Å². The maximum Gasteiger partial charge on any atom is 0.406 e. The van der Waals surface area contributed by atoms with E-state index in [9.17, 15) is 28.1 Å². The Morgan fingerprint density at radius 1 is 1.48 bits per heavy atom. The minimum absolute atomic E-state index is 0.0436. The van der Waals surface area contributed by atoms with Crippen molar-refractivity contribution >= 4 is 22.2 Å². The molecule has 1 aromatic rings. The fraction of sp³-hybridized carbons (Fsp3) is 0.583. The third kappa shape index (κ3) is 4.16. The van der Waals surface area contributed by atoms with Crippen molar-refractivity contribution in [1.82, 2.24) is 4.90 Å². The van der Waals surface area contributed by atoms with E-state index in [0.717, 1.165) is 41.6 Å². The SMILES string of the molecule is O=C(c1csc([N+](=O)[O-])c1)N(CC1CCC1)CC(F)(F)F. The van der Waals surface area contributed by atoms with Gasteiger partial charge >= 0.3 is 11.2 Å². The number of nitro groups is 1. The zero-order valence-corrected chi connectivity index (χ0v) is 11.7. The number of alkyl halides is 3. The number of carbonyl (C=O) groups is 1. The second kappa shape index (κ2) is 6.00. The van der Waals surface area contributed by atoms with E-state index >= 15 is 0 Å². The lowest BCUT2D eigenvalue weighted by Gasteiger charge is -2.32. The Bertz CT molecular complexity index is 540. The van der Waals surface area contributed by atoms with Gasteiger partial charge in [0.25, 0.3) is 5.91 Å². The first-order valence-electron chi connectivity index (χ1n) is 6.35. The lowest BCUT2D eigenvalue weighted by atomic mass is 9.85. The van der Waals surface area contributed by atoms with Gasteiger partial charge in [0.1, 0.15) is 6.54 Å². The fourth-order valence-corrected chi connectivity index (χ4v) is 2.84. The minimum atomic E-state index is -4.48. The largest absolute Gasteiger partial charge is 0.406 e. The van der Waals surface area contributed by atoms with E-state index in [1.165, 1.54) is 5.38 Å². The highest BCUT2D eigenvalue weighted by molar-refractivity contribution is 7.13. The molecule has 5 nitrogen and oxygen atoms in total. The van der Waals surface area contributed by atoms with Crippen LogP contribution >= 0.6 is 11.3 Å². The van der Waals surface area contributed by atoms with E-state index in [1.54, 1.807) is 0 Å². The number of thiophene rings is 1. The Morgan fingerprint density at radius 3 is 2.57 bits per heavy atom. The molecule has 0 bridgehead atoms. The molecule has 0 spiro atoms. The molecule has 1 aliphatic carbocycles. The molecule has 0 aliphatic heterocycles. The first kappa shape index (κ1) is 15.7. The summed E-state index contributed by atoms with van der Waals surface area (Å²) in [7, 11) is 0. The predicted molar refractivity (Wildman–Crippen MR) is 70.3 cm³/mol. The molecule has 0 aromatic carbocycles.